The molecule has 0 bridgehead atoms. The van der Waals surface area contributed by atoms with Crippen LogP contribution in [0.5, 0.6) is 5.75 Å². The van der Waals surface area contributed by atoms with Gasteiger partial charge in [0.1, 0.15) is 17.5 Å². The van der Waals surface area contributed by atoms with Gasteiger partial charge in [0.25, 0.3) is 0 Å². The zero-order valence-corrected chi connectivity index (χ0v) is 22.0. The summed E-state index contributed by atoms with van der Waals surface area (Å²) in [6.07, 6.45) is 0.741. The van der Waals surface area contributed by atoms with E-state index in [4.69, 9.17) is 0 Å². The van der Waals surface area contributed by atoms with Gasteiger partial charge in [-0.05, 0) is 54.1 Å². The third kappa shape index (κ3) is 3.24. The van der Waals surface area contributed by atoms with Crippen LogP contribution in [0.3, 0.4) is 0 Å². The number of carbonyl (C=O) groups excluding carboxylic acids is 5. The fraction of sp³-hybridized carbons (Fsp3) is 0.621. The van der Waals surface area contributed by atoms with Gasteiger partial charge in [0.2, 0.25) is 0 Å². The number of Topliss-reactive ketones (excluding diaryl/α,β-unsaturated/α-hetero) is 5. The van der Waals surface area contributed by atoms with Crippen molar-refractivity contribution in [2.45, 2.75) is 72.3 Å². The smallest absolute Gasteiger partial charge is 0.190 e. The molecule has 0 aromatic heterocycles. The van der Waals surface area contributed by atoms with Gasteiger partial charge in [-0.25, -0.2) is 0 Å². The largest absolute Gasteiger partial charge is 0.507 e. The normalized spacial score (nSPS) is 36.9. The Morgan fingerprint density at radius 1 is 1.06 bits per heavy atom. The van der Waals surface area contributed by atoms with E-state index in [1.165, 1.54) is 0 Å². The molecule has 3 aliphatic carbocycles. The van der Waals surface area contributed by atoms with Crippen molar-refractivity contribution in [1.82, 2.24) is 0 Å². The number of aliphatic hydroxyl groups is 1. The molecule has 0 heterocycles. The molecule has 194 valence electrons. The van der Waals surface area contributed by atoms with Gasteiger partial charge in [-0.2, -0.15) is 0 Å². The molecule has 2 fully saturated rings. The number of hydrogen-bond acceptors (Lipinski definition) is 7. The third-order valence-electron chi connectivity index (χ3n) is 9.44. The predicted octanol–water partition coefficient (Wildman–Crippen LogP) is 3.63. The van der Waals surface area contributed by atoms with Gasteiger partial charge in [0, 0.05) is 11.8 Å². The summed E-state index contributed by atoms with van der Waals surface area (Å²) in [6, 6.07) is 3.65. The SMILES string of the molecule is CCC(C)c1ccc2c(c1O)C(=O)C1C(=O)[C@@]3(O)C(=O)C(C(C)=O)C(=O)C(C(C)C)C3[C@H](C)C1[C@@H]2C. The standard InChI is InChI=1S/C29H36O7/c1-8-12(4)16-9-10-17-13(5)19-14(6)23-18(11(2)3)25(32)20(15(7)30)27(34)29(23,36)28(35)22(19)26(33)21(17)24(16)31/h9-14,18-20,22-23,31,36H,8H2,1-7H3/t12?,13-,14-,18?,19?,20?,22?,23?,29+/m1/s1. The topological polar surface area (TPSA) is 126 Å². The highest BCUT2D eigenvalue weighted by Crippen LogP contribution is 2.58. The molecule has 7 heteroatoms. The Bertz CT molecular complexity index is 1180. The van der Waals surface area contributed by atoms with Crippen LogP contribution in [-0.4, -0.2) is 44.7 Å². The number of fused-ring (bicyclic) bond motifs is 3. The molecule has 0 aliphatic heterocycles. The highest BCUT2D eigenvalue weighted by Gasteiger charge is 2.71. The van der Waals surface area contributed by atoms with Gasteiger partial charge in [0.15, 0.2) is 28.7 Å². The molecule has 0 spiro atoms. The molecule has 9 atom stereocenters. The fourth-order valence-corrected chi connectivity index (χ4v) is 7.50. The molecule has 7 nitrogen and oxygen atoms in total. The molecule has 4 rings (SSSR count). The van der Waals surface area contributed by atoms with Crippen LogP contribution in [-0.2, 0) is 19.2 Å². The van der Waals surface area contributed by atoms with E-state index in [1.807, 2.05) is 32.9 Å². The lowest BCUT2D eigenvalue weighted by Gasteiger charge is -2.57. The number of ketones is 5. The van der Waals surface area contributed by atoms with Crippen molar-refractivity contribution < 1.29 is 34.2 Å². The summed E-state index contributed by atoms with van der Waals surface area (Å²) in [6.45, 7) is 12.2. The highest BCUT2D eigenvalue weighted by molar-refractivity contribution is 6.32. The van der Waals surface area contributed by atoms with E-state index in [-0.39, 0.29) is 29.1 Å². The molecule has 0 saturated heterocycles. The molecule has 0 amide bonds. The molecule has 2 N–H and O–H groups in total. The maximum Gasteiger partial charge on any atom is 0.190 e. The fourth-order valence-electron chi connectivity index (χ4n) is 7.50. The Kier molecular flexibility index (Phi) is 6.39. The average molecular weight is 497 g/mol. The highest BCUT2D eigenvalue weighted by atomic mass is 16.3. The minimum Gasteiger partial charge on any atom is -0.507 e. The molecular weight excluding hydrogens is 460 g/mol. The summed E-state index contributed by atoms with van der Waals surface area (Å²) in [4.78, 5) is 67.3. The van der Waals surface area contributed by atoms with E-state index >= 15 is 0 Å². The van der Waals surface area contributed by atoms with Crippen LogP contribution in [0.1, 0.15) is 88.2 Å². The first kappa shape index (κ1) is 26.4. The first-order valence-corrected chi connectivity index (χ1v) is 13.0. The van der Waals surface area contributed by atoms with E-state index < -0.39 is 70.0 Å². The maximum atomic E-state index is 14.1. The van der Waals surface area contributed by atoms with Crippen molar-refractivity contribution in [3.8, 4) is 5.75 Å². The summed E-state index contributed by atoms with van der Waals surface area (Å²) < 4.78 is 0. The average Bonchev–Trinajstić information content (AvgIpc) is 2.80. The van der Waals surface area contributed by atoms with E-state index in [0.717, 1.165) is 13.3 Å². The Labute approximate surface area is 211 Å². The van der Waals surface area contributed by atoms with Crippen LogP contribution in [0, 0.1) is 41.4 Å². The second-order valence-corrected chi connectivity index (χ2v) is 11.6. The Morgan fingerprint density at radius 2 is 1.67 bits per heavy atom. The van der Waals surface area contributed by atoms with Gasteiger partial charge in [-0.3, -0.25) is 24.0 Å². The summed E-state index contributed by atoms with van der Waals surface area (Å²) in [7, 11) is 0. The zero-order chi connectivity index (χ0) is 27.0. The molecule has 36 heavy (non-hydrogen) atoms. The summed E-state index contributed by atoms with van der Waals surface area (Å²) in [5.74, 6) is -10.9. The van der Waals surface area contributed by atoms with Gasteiger partial charge >= 0.3 is 0 Å². The molecule has 1 aromatic carbocycles. The number of phenols is 1. The number of aromatic hydroxyl groups is 1. The molecule has 3 aliphatic rings. The van der Waals surface area contributed by atoms with Crippen molar-refractivity contribution >= 4 is 28.9 Å². The number of benzene rings is 1. The first-order chi connectivity index (χ1) is 16.7. The predicted molar refractivity (Wildman–Crippen MR) is 132 cm³/mol. The summed E-state index contributed by atoms with van der Waals surface area (Å²) in [5.41, 5.74) is -1.30. The van der Waals surface area contributed by atoms with Crippen LogP contribution in [0.4, 0.5) is 0 Å². The number of hydrogen-bond donors (Lipinski definition) is 2. The van der Waals surface area contributed by atoms with Gasteiger partial charge < -0.3 is 10.2 Å². The van der Waals surface area contributed by atoms with E-state index in [9.17, 15) is 34.2 Å². The van der Waals surface area contributed by atoms with Crippen molar-refractivity contribution in [2.75, 3.05) is 0 Å². The minimum atomic E-state index is -2.61. The maximum absolute atomic E-state index is 14.1. The second kappa shape index (κ2) is 8.72. The molecule has 1 aromatic rings. The summed E-state index contributed by atoms with van der Waals surface area (Å²) in [5, 5.41) is 23.0. The van der Waals surface area contributed by atoms with Crippen molar-refractivity contribution in [3.05, 3.63) is 28.8 Å². The Morgan fingerprint density at radius 3 is 2.19 bits per heavy atom. The number of phenolic OH excluding ortho intramolecular Hbond substituents is 1. The van der Waals surface area contributed by atoms with Crippen molar-refractivity contribution in [2.24, 2.45) is 41.4 Å². The van der Waals surface area contributed by atoms with Gasteiger partial charge in [-0.15, -0.1) is 0 Å². The van der Waals surface area contributed by atoms with Gasteiger partial charge in [-0.1, -0.05) is 53.7 Å². The molecule has 0 radical (unpaired) electrons. The van der Waals surface area contributed by atoms with Crippen LogP contribution in [0.15, 0.2) is 12.1 Å². The number of carbonyl (C=O) groups is 5. The molecule has 2 saturated carbocycles. The van der Waals surface area contributed by atoms with Crippen molar-refractivity contribution in [1.29, 1.82) is 0 Å². The summed E-state index contributed by atoms with van der Waals surface area (Å²) >= 11 is 0. The first-order valence-electron chi connectivity index (χ1n) is 13.0. The van der Waals surface area contributed by atoms with E-state index in [1.54, 1.807) is 20.8 Å². The lowest BCUT2D eigenvalue weighted by Crippen LogP contribution is -2.73. The van der Waals surface area contributed by atoms with E-state index in [0.29, 0.717) is 11.1 Å². The van der Waals surface area contributed by atoms with Crippen molar-refractivity contribution in [3.63, 3.8) is 0 Å². The zero-order valence-electron chi connectivity index (χ0n) is 22.0. The lowest BCUT2D eigenvalue weighted by atomic mass is 9.45. The van der Waals surface area contributed by atoms with Crippen LogP contribution >= 0.6 is 0 Å². The van der Waals surface area contributed by atoms with Crippen LogP contribution < -0.4 is 0 Å². The molecule has 6 unspecified atom stereocenters. The second-order valence-electron chi connectivity index (χ2n) is 11.6. The minimum absolute atomic E-state index is 0.0141. The quantitative estimate of drug-likeness (QED) is 0.610. The lowest BCUT2D eigenvalue weighted by molar-refractivity contribution is -0.189. The van der Waals surface area contributed by atoms with Gasteiger partial charge in [0.05, 0.1) is 11.5 Å². The van der Waals surface area contributed by atoms with E-state index in [2.05, 4.69) is 0 Å². The number of rotatable bonds is 4. The Hall–Kier alpha value is -2.67. The monoisotopic (exact) mass is 496 g/mol. The Balaban J connectivity index is 1.95. The van der Waals surface area contributed by atoms with Crippen LogP contribution in [0.2, 0.25) is 0 Å². The third-order valence-corrected chi connectivity index (χ3v) is 9.44. The molecular formula is C29H36O7. The van der Waals surface area contributed by atoms with Crippen LogP contribution in [0.25, 0.3) is 0 Å².